The van der Waals surface area contributed by atoms with Gasteiger partial charge in [-0.1, -0.05) is 24.3 Å². The molecule has 3 rings (SSSR count). The maximum Gasteiger partial charge on any atom is 0.222 e. The lowest BCUT2D eigenvalue weighted by Crippen LogP contribution is -2.30. The number of carbonyl (C=O) groups is 1. The molecule has 1 heterocycles. The summed E-state index contributed by atoms with van der Waals surface area (Å²) in [5.74, 6) is 1.44. The number of nitrogens with zero attached hydrogens (tertiary/aromatic N) is 2. The van der Waals surface area contributed by atoms with Crippen LogP contribution >= 0.6 is 0 Å². The molecular formula is C24H32N4O4S. The fraction of sp³-hybridized carbons (Fsp3) is 0.417. The number of methoxy groups -OCH3 is 1. The number of nitrogens with one attached hydrogen (secondary N) is 2. The summed E-state index contributed by atoms with van der Waals surface area (Å²) in [5.41, 5.74) is 2.25. The van der Waals surface area contributed by atoms with Crippen molar-refractivity contribution < 1.29 is 17.9 Å². The molecule has 0 saturated carbocycles. The molecule has 33 heavy (non-hydrogen) atoms. The highest BCUT2D eigenvalue weighted by Crippen LogP contribution is 2.16. The van der Waals surface area contributed by atoms with Crippen LogP contribution in [0.4, 0.5) is 0 Å². The number of likely N-dealkylation sites (N-methyl/N-ethyl adjacent to an activating group) is 1. The van der Waals surface area contributed by atoms with E-state index in [2.05, 4.69) is 39.9 Å². The zero-order valence-corrected chi connectivity index (χ0v) is 20.0. The van der Waals surface area contributed by atoms with Gasteiger partial charge in [0.05, 0.1) is 18.6 Å². The van der Waals surface area contributed by atoms with Gasteiger partial charge in [-0.15, -0.1) is 0 Å². The van der Waals surface area contributed by atoms with Crippen LogP contribution in [0.2, 0.25) is 0 Å². The average Bonchev–Trinajstić information content (AvgIpc) is 3.37. The first-order valence-corrected chi connectivity index (χ1v) is 12.7. The van der Waals surface area contributed by atoms with E-state index in [0.717, 1.165) is 30.9 Å². The van der Waals surface area contributed by atoms with E-state index in [4.69, 9.17) is 4.74 Å². The number of rotatable bonds is 12. The van der Waals surface area contributed by atoms with Crippen molar-refractivity contribution in [2.75, 3.05) is 46.2 Å². The van der Waals surface area contributed by atoms with Crippen LogP contribution in [-0.2, 0) is 21.1 Å². The third kappa shape index (κ3) is 7.30. The molecular weight excluding hydrogens is 440 g/mol. The number of benzene rings is 2. The first-order valence-electron chi connectivity index (χ1n) is 11.1. The Morgan fingerprint density at radius 2 is 1.88 bits per heavy atom. The van der Waals surface area contributed by atoms with Crippen molar-refractivity contribution in [3.63, 3.8) is 0 Å². The smallest absolute Gasteiger partial charge is 0.222 e. The molecule has 0 spiro atoms. The molecule has 0 aliphatic carbocycles. The molecule has 0 bridgehead atoms. The number of amides is 1. The van der Waals surface area contributed by atoms with Gasteiger partial charge in [0.1, 0.15) is 17.5 Å². The van der Waals surface area contributed by atoms with E-state index < -0.39 is 9.84 Å². The fourth-order valence-electron chi connectivity index (χ4n) is 3.47. The van der Waals surface area contributed by atoms with Crippen LogP contribution < -0.4 is 15.4 Å². The van der Waals surface area contributed by atoms with Crippen molar-refractivity contribution in [2.24, 2.45) is 4.99 Å². The number of aliphatic imine (C=N–C) groups is 1. The van der Waals surface area contributed by atoms with Crippen molar-refractivity contribution in [3.05, 3.63) is 59.7 Å². The number of hydrogen-bond acceptors (Lipinski definition) is 7. The van der Waals surface area contributed by atoms with Gasteiger partial charge in [0.2, 0.25) is 5.91 Å². The van der Waals surface area contributed by atoms with Crippen LogP contribution in [0.25, 0.3) is 0 Å². The standard InChI is InChI=1S/C24H32N4O4S/c1-28(17-13-19-5-7-20(8-6-19)24-26-15-16-27-24)23(29)4-3-14-25-18-33(30,31)22-11-9-21(32-2)10-12-22/h5-12,25H,3-4,13-18H2,1-2H3,(H,26,27). The Bertz CT molecular complexity index is 1050. The summed E-state index contributed by atoms with van der Waals surface area (Å²) < 4.78 is 29.8. The number of amidine groups is 1. The summed E-state index contributed by atoms with van der Waals surface area (Å²) in [6.07, 6.45) is 1.72. The molecule has 2 aromatic carbocycles. The van der Waals surface area contributed by atoms with E-state index in [0.29, 0.717) is 31.7 Å². The second-order valence-electron chi connectivity index (χ2n) is 7.96. The molecule has 0 saturated heterocycles. The Kier molecular flexibility index (Phi) is 8.85. The molecule has 2 aromatic rings. The maximum absolute atomic E-state index is 12.4. The van der Waals surface area contributed by atoms with E-state index >= 15 is 0 Å². The third-order valence-corrected chi connectivity index (χ3v) is 7.09. The molecule has 0 radical (unpaired) electrons. The summed E-state index contributed by atoms with van der Waals surface area (Å²) in [7, 11) is -0.0890. The molecule has 8 nitrogen and oxygen atoms in total. The van der Waals surface area contributed by atoms with E-state index in [-0.39, 0.29) is 16.7 Å². The van der Waals surface area contributed by atoms with Crippen LogP contribution in [-0.4, -0.2) is 71.3 Å². The maximum atomic E-state index is 12.4. The minimum Gasteiger partial charge on any atom is -0.497 e. The SMILES string of the molecule is COc1ccc(S(=O)(=O)CNCCCC(=O)N(C)CCc2ccc(C3=NCCN3)cc2)cc1. The third-order valence-electron chi connectivity index (χ3n) is 5.52. The Labute approximate surface area is 196 Å². The van der Waals surface area contributed by atoms with Crippen LogP contribution in [0.1, 0.15) is 24.0 Å². The molecule has 0 atom stereocenters. The van der Waals surface area contributed by atoms with Gasteiger partial charge in [-0.3, -0.25) is 9.79 Å². The molecule has 1 aliphatic heterocycles. The van der Waals surface area contributed by atoms with Crippen LogP contribution in [0.3, 0.4) is 0 Å². The normalized spacial score (nSPS) is 13.3. The van der Waals surface area contributed by atoms with E-state index in [9.17, 15) is 13.2 Å². The van der Waals surface area contributed by atoms with Crippen molar-refractivity contribution in [3.8, 4) is 5.75 Å². The molecule has 9 heteroatoms. The molecule has 2 N–H and O–H groups in total. The average molecular weight is 473 g/mol. The van der Waals surface area contributed by atoms with Crippen LogP contribution in [0.5, 0.6) is 5.75 Å². The Morgan fingerprint density at radius 3 is 2.52 bits per heavy atom. The second kappa shape index (κ2) is 11.8. The van der Waals surface area contributed by atoms with E-state index in [1.165, 1.54) is 24.8 Å². The van der Waals surface area contributed by atoms with Gasteiger partial charge in [-0.25, -0.2) is 8.42 Å². The first-order chi connectivity index (χ1) is 15.9. The number of sulfone groups is 1. The molecule has 1 aliphatic rings. The Balaban J connectivity index is 1.33. The topological polar surface area (TPSA) is 100 Å². The Morgan fingerprint density at radius 1 is 1.15 bits per heavy atom. The van der Waals surface area contributed by atoms with Crippen molar-refractivity contribution >= 4 is 21.6 Å². The van der Waals surface area contributed by atoms with Crippen LogP contribution in [0, 0.1) is 0 Å². The van der Waals surface area contributed by atoms with Gasteiger partial charge >= 0.3 is 0 Å². The lowest BCUT2D eigenvalue weighted by Gasteiger charge is -2.17. The highest BCUT2D eigenvalue weighted by Gasteiger charge is 2.14. The molecule has 0 fully saturated rings. The van der Waals surface area contributed by atoms with Gasteiger partial charge in [0, 0.05) is 32.1 Å². The number of hydrogen-bond donors (Lipinski definition) is 2. The molecule has 0 aromatic heterocycles. The summed E-state index contributed by atoms with van der Waals surface area (Å²) in [6.45, 7) is 2.79. The highest BCUT2D eigenvalue weighted by molar-refractivity contribution is 7.91. The quantitative estimate of drug-likeness (QED) is 0.458. The molecule has 1 amide bonds. The number of ether oxygens (including phenoxy) is 1. The Hall–Kier alpha value is -2.91. The lowest BCUT2D eigenvalue weighted by molar-refractivity contribution is -0.129. The van der Waals surface area contributed by atoms with Gasteiger partial charge < -0.3 is 20.3 Å². The van der Waals surface area contributed by atoms with Gasteiger partial charge in [-0.05, 0) is 49.2 Å². The molecule has 0 unspecified atom stereocenters. The lowest BCUT2D eigenvalue weighted by atomic mass is 10.1. The first kappa shape index (κ1) is 24.7. The summed E-state index contributed by atoms with van der Waals surface area (Å²) in [6, 6.07) is 14.6. The van der Waals surface area contributed by atoms with Crippen molar-refractivity contribution in [1.29, 1.82) is 0 Å². The van der Waals surface area contributed by atoms with Gasteiger partial charge in [0.25, 0.3) is 0 Å². The predicted octanol–water partition coefficient (Wildman–Crippen LogP) is 1.85. The van der Waals surface area contributed by atoms with Crippen molar-refractivity contribution in [1.82, 2.24) is 15.5 Å². The van der Waals surface area contributed by atoms with Crippen LogP contribution in [0.15, 0.2) is 58.4 Å². The minimum absolute atomic E-state index is 0.0518. The highest BCUT2D eigenvalue weighted by atomic mass is 32.2. The molecule has 178 valence electrons. The fourth-order valence-corrected chi connectivity index (χ4v) is 4.60. The van der Waals surface area contributed by atoms with E-state index in [1.807, 2.05) is 0 Å². The van der Waals surface area contributed by atoms with Gasteiger partial charge in [0.15, 0.2) is 9.84 Å². The second-order valence-corrected chi connectivity index (χ2v) is 9.95. The minimum atomic E-state index is -3.42. The summed E-state index contributed by atoms with van der Waals surface area (Å²) in [4.78, 5) is 18.8. The summed E-state index contributed by atoms with van der Waals surface area (Å²) >= 11 is 0. The summed E-state index contributed by atoms with van der Waals surface area (Å²) in [5, 5.41) is 6.19. The zero-order valence-electron chi connectivity index (χ0n) is 19.2. The predicted molar refractivity (Wildman–Crippen MR) is 129 cm³/mol. The largest absolute Gasteiger partial charge is 0.497 e. The van der Waals surface area contributed by atoms with E-state index in [1.54, 1.807) is 24.1 Å². The van der Waals surface area contributed by atoms with Gasteiger partial charge in [-0.2, -0.15) is 0 Å². The monoisotopic (exact) mass is 472 g/mol. The zero-order chi connectivity index (χ0) is 23.7. The number of carbonyl (C=O) groups excluding carboxylic acids is 1. The van der Waals surface area contributed by atoms with Crippen molar-refractivity contribution in [2.45, 2.75) is 24.2 Å².